The fourth-order valence-corrected chi connectivity index (χ4v) is 3.96. The summed E-state index contributed by atoms with van der Waals surface area (Å²) in [6.07, 6.45) is 8.40. The molecule has 1 aromatic carbocycles. The maximum absolute atomic E-state index is 5.62. The van der Waals surface area contributed by atoms with E-state index < -0.39 is 0 Å². The minimum absolute atomic E-state index is 0.0986. The van der Waals surface area contributed by atoms with Crippen LogP contribution in [0.2, 0.25) is 0 Å². The van der Waals surface area contributed by atoms with E-state index in [0.29, 0.717) is 11.7 Å². The second kappa shape index (κ2) is 8.67. The highest BCUT2D eigenvalue weighted by Crippen LogP contribution is 2.33. The Morgan fingerprint density at radius 3 is 2.85 bits per heavy atom. The summed E-state index contributed by atoms with van der Waals surface area (Å²) in [5, 5.41) is 11.9. The van der Waals surface area contributed by atoms with Crippen LogP contribution in [-0.4, -0.2) is 51.6 Å². The van der Waals surface area contributed by atoms with Crippen LogP contribution in [0.1, 0.15) is 13.3 Å². The van der Waals surface area contributed by atoms with Crippen LogP contribution >= 0.6 is 0 Å². The van der Waals surface area contributed by atoms with Gasteiger partial charge in [0.15, 0.2) is 5.82 Å². The number of nitrogens with zero attached hydrogens (tertiary/aromatic N) is 5. The Morgan fingerprint density at radius 2 is 2.09 bits per heavy atom. The highest BCUT2D eigenvalue weighted by Gasteiger charge is 2.29. The molecule has 0 unspecified atom stereocenters. The van der Waals surface area contributed by atoms with Gasteiger partial charge in [-0.25, -0.2) is 15.0 Å². The number of hydrogen-bond acceptors (Lipinski definition) is 8. The summed E-state index contributed by atoms with van der Waals surface area (Å²) in [5.74, 6) is 1.91. The van der Waals surface area contributed by atoms with E-state index >= 15 is 0 Å². The summed E-state index contributed by atoms with van der Waals surface area (Å²) >= 11 is 0. The van der Waals surface area contributed by atoms with Gasteiger partial charge in [0.25, 0.3) is 0 Å². The molecule has 0 spiro atoms. The number of ether oxygens (including phenoxy) is 2. The van der Waals surface area contributed by atoms with Gasteiger partial charge in [0.2, 0.25) is 5.95 Å². The molecular formula is C24H27N7O2. The lowest BCUT2D eigenvalue weighted by molar-refractivity contribution is 0.164. The molecule has 0 radical (unpaired) electrons. The molecule has 0 aliphatic carbocycles. The summed E-state index contributed by atoms with van der Waals surface area (Å²) in [5.41, 5.74) is 3.68. The Kier molecular flexibility index (Phi) is 5.55. The smallest absolute Gasteiger partial charge is 0.227 e. The van der Waals surface area contributed by atoms with Crippen LogP contribution in [0.25, 0.3) is 22.0 Å². The third-order valence-corrected chi connectivity index (χ3v) is 5.97. The first kappa shape index (κ1) is 21.1. The Morgan fingerprint density at radius 1 is 1.18 bits per heavy atom. The Balaban J connectivity index is 1.41. The molecule has 0 bridgehead atoms. The number of aryl methyl sites for hydroxylation is 1. The fourth-order valence-electron chi connectivity index (χ4n) is 3.96. The third kappa shape index (κ3) is 4.45. The molecule has 170 valence electrons. The maximum Gasteiger partial charge on any atom is 0.227 e. The molecule has 9 nitrogen and oxygen atoms in total. The number of benzene rings is 1. The van der Waals surface area contributed by atoms with Crippen molar-refractivity contribution in [1.82, 2.24) is 24.7 Å². The average molecular weight is 446 g/mol. The Bertz CT molecular complexity index is 1280. The van der Waals surface area contributed by atoms with Crippen LogP contribution < -0.4 is 15.4 Å². The van der Waals surface area contributed by atoms with E-state index in [-0.39, 0.29) is 5.41 Å². The van der Waals surface area contributed by atoms with Crippen molar-refractivity contribution >= 4 is 28.4 Å². The van der Waals surface area contributed by atoms with Crippen LogP contribution in [0.5, 0.6) is 5.75 Å². The van der Waals surface area contributed by atoms with Crippen LogP contribution in [-0.2, 0) is 11.8 Å². The molecule has 0 saturated carbocycles. The standard InChI is InChI=1S/C24H27N7O2/c1-24(7-9-33-15-24)14-27-22-21-17(6-8-25-22)11-26-23(30-21)29-19-5-4-16(10-20(19)32-3)18-12-28-31(2)13-18/h4-6,8,10-13H,7,9,14-15H2,1-3H3,(H,25,27)(H,26,29,30)/t24-/m0/s1. The predicted octanol–water partition coefficient (Wildman–Crippen LogP) is 4.02. The van der Waals surface area contributed by atoms with E-state index in [1.165, 1.54) is 0 Å². The summed E-state index contributed by atoms with van der Waals surface area (Å²) in [6.45, 7) is 4.55. The first-order valence-electron chi connectivity index (χ1n) is 10.9. The summed E-state index contributed by atoms with van der Waals surface area (Å²) in [7, 11) is 3.54. The molecule has 1 fully saturated rings. The van der Waals surface area contributed by atoms with Crippen LogP contribution in [0.15, 0.2) is 49.1 Å². The number of methoxy groups -OCH3 is 1. The van der Waals surface area contributed by atoms with E-state index in [1.54, 1.807) is 24.2 Å². The average Bonchev–Trinajstić information content (AvgIpc) is 3.46. The quantitative estimate of drug-likeness (QED) is 0.440. The van der Waals surface area contributed by atoms with Gasteiger partial charge in [-0.15, -0.1) is 0 Å². The van der Waals surface area contributed by atoms with Crippen molar-refractivity contribution in [3.05, 3.63) is 49.1 Å². The molecule has 2 N–H and O–H groups in total. The van der Waals surface area contributed by atoms with Gasteiger partial charge in [-0.05, 0) is 30.2 Å². The van der Waals surface area contributed by atoms with Gasteiger partial charge < -0.3 is 20.1 Å². The third-order valence-electron chi connectivity index (χ3n) is 5.97. The topological polar surface area (TPSA) is 99.0 Å². The Labute approximate surface area is 192 Å². The van der Waals surface area contributed by atoms with Crippen LogP contribution in [0, 0.1) is 5.41 Å². The number of pyridine rings is 1. The van der Waals surface area contributed by atoms with Gasteiger partial charge >= 0.3 is 0 Å². The Hall–Kier alpha value is -3.72. The molecule has 1 aliphatic heterocycles. The molecule has 5 rings (SSSR count). The van der Waals surface area contributed by atoms with Crippen molar-refractivity contribution in [1.29, 1.82) is 0 Å². The lowest BCUT2D eigenvalue weighted by Gasteiger charge is -2.22. The zero-order chi connectivity index (χ0) is 22.8. The molecule has 3 aromatic heterocycles. The van der Waals surface area contributed by atoms with Crippen molar-refractivity contribution in [3.8, 4) is 16.9 Å². The number of anilines is 3. The van der Waals surface area contributed by atoms with E-state index in [2.05, 4.69) is 32.6 Å². The summed E-state index contributed by atoms with van der Waals surface area (Å²) in [4.78, 5) is 13.8. The zero-order valence-corrected chi connectivity index (χ0v) is 19.0. The van der Waals surface area contributed by atoms with Gasteiger partial charge in [0.1, 0.15) is 11.3 Å². The highest BCUT2D eigenvalue weighted by atomic mass is 16.5. The first-order valence-corrected chi connectivity index (χ1v) is 10.9. The van der Waals surface area contributed by atoms with Gasteiger partial charge in [-0.2, -0.15) is 5.10 Å². The molecule has 1 saturated heterocycles. The summed E-state index contributed by atoms with van der Waals surface area (Å²) in [6, 6.07) is 7.85. The zero-order valence-electron chi connectivity index (χ0n) is 19.0. The second-order valence-electron chi connectivity index (χ2n) is 8.70. The molecular weight excluding hydrogens is 418 g/mol. The minimum Gasteiger partial charge on any atom is -0.495 e. The number of fused-ring (bicyclic) bond motifs is 1. The van der Waals surface area contributed by atoms with Crippen LogP contribution in [0.4, 0.5) is 17.5 Å². The molecule has 33 heavy (non-hydrogen) atoms. The molecule has 1 aliphatic rings. The van der Waals surface area contributed by atoms with Gasteiger partial charge in [0.05, 0.1) is 25.6 Å². The molecule has 0 amide bonds. The molecule has 1 atom stereocenters. The second-order valence-corrected chi connectivity index (χ2v) is 8.70. The normalized spacial score (nSPS) is 17.9. The summed E-state index contributed by atoms with van der Waals surface area (Å²) < 4.78 is 13.0. The lowest BCUT2D eigenvalue weighted by Crippen LogP contribution is -2.27. The maximum atomic E-state index is 5.62. The molecule has 4 aromatic rings. The number of nitrogens with one attached hydrogen (secondary N) is 2. The van der Waals surface area contributed by atoms with Crippen molar-refractivity contribution in [2.45, 2.75) is 13.3 Å². The van der Waals surface area contributed by atoms with E-state index in [0.717, 1.165) is 59.7 Å². The number of aromatic nitrogens is 5. The van der Waals surface area contributed by atoms with E-state index in [4.69, 9.17) is 14.5 Å². The largest absolute Gasteiger partial charge is 0.495 e. The van der Waals surface area contributed by atoms with Gasteiger partial charge in [-0.1, -0.05) is 13.0 Å². The van der Waals surface area contributed by atoms with Gasteiger partial charge in [-0.3, -0.25) is 4.68 Å². The van der Waals surface area contributed by atoms with Crippen molar-refractivity contribution in [3.63, 3.8) is 0 Å². The van der Waals surface area contributed by atoms with Crippen LogP contribution in [0.3, 0.4) is 0 Å². The predicted molar refractivity (Wildman–Crippen MR) is 128 cm³/mol. The highest BCUT2D eigenvalue weighted by molar-refractivity contribution is 5.88. The first-order chi connectivity index (χ1) is 16.0. The van der Waals surface area contributed by atoms with Crippen molar-refractivity contribution < 1.29 is 9.47 Å². The fraction of sp³-hybridized carbons (Fsp3) is 0.333. The van der Waals surface area contributed by atoms with Gasteiger partial charge in [0, 0.05) is 55.2 Å². The molecule has 4 heterocycles. The number of rotatable bonds is 7. The SMILES string of the molecule is COc1cc(-c2cnn(C)c2)ccc1Nc1ncc2ccnc(NC[C@]3(C)CCOC3)c2n1. The van der Waals surface area contributed by atoms with Crippen molar-refractivity contribution in [2.24, 2.45) is 12.5 Å². The lowest BCUT2D eigenvalue weighted by atomic mass is 9.90. The van der Waals surface area contributed by atoms with E-state index in [1.807, 2.05) is 43.7 Å². The number of hydrogen-bond donors (Lipinski definition) is 2. The minimum atomic E-state index is 0.0986. The van der Waals surface area contributed by atoms with Crippen molar-refractivity contribution in [2.75, 3.05) is 37.5 Å². The molecule has 9 heteroatoms. The monoisotopic (exact) mass is 445 g/mol. The van der Waals surface area contributed by atoms with E-state index in [9.17, 15) is 0 Å².